The summed E-state index contributed by atoms with van der Waals surface area (Å²) in [5.74, 6) is 0.336. The fraction of sp³-hybridized carbons (Fsp3) is 0.103. The molecule has 0 aliphatic carbocycles. The number of alkyl halides is 6. The van der Waals surface area contributed by atoms with Crippen molar-refractivity contribution >= 4 is 32.5 Å². The molecule has 0 saturated heterocycles. The first-order chi connectivity index (χ1) is 18.0. The summed E-state index contributed by atoms with van der Waals surface area (Å²) in [6, 6.07) is 21.0. The van der Waals surface area contributed by atoms with Crippen LogP contribution >= 0.6 is 0 Å². The highest BCUT2D eigenvalue weighted by atomic mass is 19.4. The lowest BCUT2D eigenvalue weighted by Gasteiger charge is -2.21. The van der Waals surface area contributed by atoms with Gasteiger partial charge in [-0.15, -0.1) is 10.2 Å². The average Bonchev–Trinajstić information content (AvgIpc) is 3.29. The first-order valence-corrected chi connectivity index (χ1v) is 11.5. The Morgan fingerprint density at radius 1 is 0.632 bits per heavy atom. The van der Waals surface area contributed by atoms with Gasteiger partial charge < -0.3 is 4.42 Å². The predicted molar refractivity (Wildman–Crippen MR) is 132 cm³/mol. The summed E-state index contributed by atoms with van der Waals surface area (Å²) < 4.78 is 90.0. The van der Waals surface area contributed by atoms with Crippen LogP contribution in [0.4, 0.5) is 26.3 Å². The van der Waals surface area contributed by atoms with Crippen LogP contribution in [0.1, 0.15) is 16.7 Å². The van der Waals surface area contributed by atoms with Crippen molar-refractivity contribution in [2.75, 3.05) is 0 Å². The van der Waals surface area contributed by atoms with Crippen molar-refractivity contribution in [3.8, 4) is 22.7 Å². The van der Waals surface area contributed by atoms with E-state index in [1.165, 1.54) is 6.92 Å². The van der Waals surface area contributed by atoms with E-state index < -0.39 is 29.0 Å². The van der Waals surface area contributed by atoms with Gasteiger partial charge in [-0.05, 0) is 53.6 Å². The zero-order chi connectivity index (χ0) is 26.8. The van der Waals surface area contributed by atoms with E-state index in [1.807, 2.05) is 24.3 Å². The molecule has 0 amide bonds. The third kappa shape index (κ3) is 3.86. The number of benzene rings is 4. The minimum absolute atomic E-state index is 0.00873. The molecule has 3 nitrogen and oxygen atoms in total. The van der Waals surface area contributed by atoms with Gasteiger partial charge >= 0.3 is 12.4 Å². The number of aryl methyl sites for hydroxylation is 1. The molecule has 0 radical (unpaired) electrons. The Kier molecular flexibility index (Phi) is 5.24. The number of para-hydroxylation sites is 1. The van der Waals surface area contributed by atoms with Gasteiger partial charge in [0.1, 0.15) is 17.0 Å². The molecule has 2 aromatic heterocycles. The second-order valence-corrected chi connectivity index (χ2v) is 8.97. The van der Waals surface area contributed by atoms with E-state index in [9.17, 15) is 26.3 Å². The van der Waals surface area contributed by atoms with Crippen molar-refractivity contribution in [3.63, 3.8) is 0 Å². The number of hydrogen-bond donors (Lipinski definition) is 0. The summed E-state index contributed by atoms with van der Waals surface area (Å²) in [6.45, 7) is 1.33. The zero-order valence-corrected chi connectivity index (χ0v) is 19.6. The van der Waals surface area contributed by atoms with Gasteiger partial charge in [0.2, 0.25) is 0 Å². The van der Waals surface area contributed by atoms with E-state index in [0.29, 0.717) is 28.2 Å². The minimum atomic E-state index is -5.30. The maximum Gasteiger partial charge on any atom is 0.417 e. The van der Waals surface area contributed by atoms with Crippen molar-refractivity contribution in [3.05, 3.63) is 95.6 Å². The largest absolute Gasteiger partial charge is 0.454 e. The summed E-state index contributed by atoms with van der Waals surface area (Å²) in [6.07, 6.45) is -10.5. The van der Waals surface area contributed by atoms with Gasteiger partial charge in [0.25, 0.3) is 0 Å². The number of hydrogen-bond acceptors (Lipinski definition) is 3. The van der Waals surface area contributed by atoms with Crippen LogP contribution in [-0.4, -0.2) is 10.2 Å². The van der Waals surface area contributed by atoms with Crippen molar-refractivity contribution in [2.24, 2.45) is 0 Å². The van der Waals surface area contributed by atoms with Gasteiger partial charge in [0.15, 0.2) is 5.76 Å². The van der Waals surface area contributed by atoms with Crippen molar-refractivity contribution in [2.45, 2.75) is 19.3 Å². The third-order valence-corrected chi connectivity index (χ3v) is 6.54. The van der Waals surface area contributed by atoms with Crippen LogP contribution in [-0.2, 0) is 12.4 Å². The maximum absolute atomic E-state index is 14.3. The number of halogens is 6. The molecule has 4 aromatic carbocycles. The minimum Gasteiger partial charge on any atom is -0.454 e. The molecule has 190 valence electrons. The molecular weight excluding hydrogens is 506 g/mol. The lowest BCUT2D eigenvalue weighted by Crippen LogP contribution is -2.19. The van der Waals surface area contributed by atoms with Crippen LogP contribution in [0.3, 0.4) is 0 Å². The standard InChI is InChI=1S/C29H16F6N2O/c1-15-10-11-21(28(30,31)32)25(29(33,34)35)24(15)27-20-13-17-7-3-2-6-16(17)12-19(20)26(36-37-27)23-14-18-8-4-5-9-22(18)38-23/h2-14H,1H3. The Balaban J connectivity index is 1.74. The fourth-order valence-corrected chi connectivity index (χ4v) is 4.85. The Bertz CT molecular complexity index is 1830. The van der Waals surface area contributed by atoms with Crippen LogP contribution in [0, 0.1) is 6.92 Å². The zero-order valence-electron chi connectivity index (χ0n) is 19.6. The molecule has 0 bridgehead atoms. The van der Waals surface area contributed by atoms with Crippen LogP contribution < -0.4 is 0 Å². The van der Waals surface area contributed by atoms with Gasteiger partial charge in [-0.2, -0.15) is 26.3 Å². The molecule has 0 unspecified atom stereocenters. The van der Waals surface area contributed by atoms with Gasteiger partial charge in [0, 0.05) is 21.7 Å². The molecule has 0 spiro atoms. The fourth-order valence-electron chi connectivity index (χ4n) is 4.85. The molecular formula is C29H16F6N2O. The maximum atomic E-state index is 14.3. The first kappa shape index (κ1) is 24.0. The van der Waals surface area contributed by atoms with Crippen LogP contribution in [0.15, 0.2) is 83.3 Å². The molecule has 6 rings (SSSR count). The van der Waals surface area contributed by atoms with E-state index in [0.717, 1.165) is 16.8 Å². The molecule has 0 aliphatic rings. The molecule has 0 aliphatic heterocycles. The topological polar surface area (TPSA) is 38.9 Å². The monoisotopic (exact) mass is 522 g/mol. The summed E-state index contributed by atoms with van der Waals surface area (Å²) in [7, 11) is 0. The molecule has 2 heterocycles. The highest BCUT2D eigenvalue weighted by Gasteiger charge is 2.46. The molecule has 38 heavy (non-hydrogen) atoms. The van der Waals surface area contributed by atoms with Crippen LogP contribution in [0.25, 0.3) is 55.2 Å². The number of rotatable bonds is 2. The molecule has 6 aromatic rings. The van der Waals surface area contributed by atoms with Crippen LogP contribution in [0.2, 0.25) is 0 Å². The first-order valence-electron chi connectivity index (χ1n) is 11.5. The Morgan fingerprint density at radius 2 is 1.21 bits per heavy atom. The van der Waals surface area contributed by atoms with Gasteiger partial charge in [0.05, 0.1) is 11.1 Å². The summed E-state index contributed by atoms with van der Waals surface area (Å²) in [5, 5.41) is 11.2. The molecule has 0 N–H and O–H groups in total. The Labute approximate surface area is 211 Å². The lowest BCUT2D eigenvalue weighted by molar-refractivity contribution is -0.161. The highest BCUT2D eigenvalue weighted by molar-refractivity contribution is 6.09. The smallest absolute Gasteiger partial charge is 0.417 e. The SMILES string of the molecule is Cc1ccc(C(F)(F)F)c(C(F)(F)F)c1-c1nnc(-c2cc3ccccc3o2)c2cc3ccccc3cc12. The quantitative estimate of drug-likeness (QED) is 0.168. The van der Waals surface area contributed by atoms with Gasteiger partial charge in [-0.3, -0.25) is 0 Å². The second kappa shape index (κ2) is 8.31. The van der Waals surface area contributed by atoms with E-state index in [2.05, 4.69) is 10.2 Å². The van der Waals surface area contributed by atoms with E-state index in [-0.39, 0.29) is 22.3 Å². The normalized spacial score (nSPS) is 12.6. The van der Waals surface area contributed by atoms with Gasteiger partial charge in [-0.25, -0.2) is 0 Å². The second-order valence-electron chi connectivity index (χ2n) is 8.97. The summed E-state index contributed by atoms with van der Waals surface area (Å²) >= 11 is 0. The Morgan fingerprint density at radius 3 is 1.82 bits per heavy atom. The molecule has 9 heteroatoms. The average molecular weight is 522 g/mol. The van der Waals surface area contributed by atoms with Crippen molar-refractivity contribution in [1.29, 1.82) is 0 Å². The lowest BCUT2D eigenvalue weighted by atomic mass is 9.90. The number of furan rings is 1. The number of fused-ring (bicyclic) bond motifs is 3. The molecule has 0 fully saturated rings. The molecule has 0 atom stereocenters. The van der Waals surface area contributed by atoms with E-state index in [4.69, 9.17) is 4.42 Å². The highest BCUT2D eigenvalue weighted by Crippen LogP contribution is 2.48. The Hall–Kier alpha value is -4.40. The van der Waals surface area contributed by atoms with Crippen molar-refractivity contribution in [1.82, 2.24) is 10.2 Å². The van der Waals surface area contributed by atoms with Crippen molar-refractivity contribution < 1.29 is 30.8 Å². The predicted octanol–water partition coefficient (Wildman–Crippen LogP) is 9.21. The van der Waals surface area contributed by atoms with E-state index >= 15 is 0 Å². The number of aromatic nitrogens is 2. The van der Waals surface area contributed by atoms with E-state index in [1.54, 1.807) is 42.5 Å². The summed E-state index contributed by atoms with van der Waals surface area (Å²) in [4.78, 5) is 0. The summed E-state index contributed by atoms with van der Waals surface area (Å²) in [5.41, 5.74) is -3.67. The third-order valence-electron chi connectivity index (χ3n) is 6.54. The molecule has 0 saturated carbocycles. The van der Waals surface area contributed by atoms with Crippen LogP contribution in [0.5, 0.6) is 0 Å². The van der Waals surface area contributed by atoms with Gasteiger partial charge in [-0.1, -0.05) is 48.5 Å². The number of nitrogens with zero attached hydrogens (tertiary/aromatic N) is 2.